The predicted octanol–water partition coefficient (Wildman–Crippen LogP) is -0.161. The van der Waals surface area contributed by atoms with Gasteiger partial charge in [0.15, 0.2) is 6.29 Å². The Balaban J connectivity index is 0. The number of hydrogen-bond acceptors (Lipinski definition) is 5. The van der Waals surface area contributed by atoms with Crippen molar-refractivity contribution in [2.75, 3.05) is 21.3 Å². The summed E-state index contributed by atoms with van der Waals surface area (Å²) in [6.07, 6.45) is -0.300. The molecule has 0 rings (SSSR count). The molecule has 0 aliphatic heterocycles. The van der Waals surface area contributed by atoms with Crippen LogP contribution in [0.2, 0.25) is 0 Å². The van der Waals surface area contributed by atoms with Gasteiger partial charge < -0.3 is 19.3 Å². The van der Waals surface area contributed by atoms with Crippen LogP contribution in [0, 0.1) is 0 Å². The molecule has 0 aliphatic rings. The van der Waals surface area contributed by atoms with E-state index in [1.54, 1.807) is 0 Å². The van der Waals surface area contributed by atoms with Crippen molar-refractivity contribution in [3.8, 4) is 0 Å². The maximum Gasteiger partial charge on any atom is 0.342 e. The third-order valence-corrected chi connectivity index (χ3v) is 1.24. The van der Waals surface area contributed by atoms with Gasteiger partial charge in [-0.15, -0.1) is 0 Å². The molecule has 0 atom stereocenters. The topological polar surface area (TPSA) is 65.0 Å². The molecule has 0 unspecified atom stereocenters. The normalized spacial score (nSPS) is 10.9. The fourth-order valence-electron chi connectivity index (χ4n) is 0.678. The summed E-state index contributed by atoms with van der Waals surface area (Å²) in [4.78, 5) is 10.9. The SMILES string of the molecule is COC(=O)/C(=C\O)C(OC)OC.[Na]. The van der Waals surface area contributed by atoms with Gasteiger partial charge in [-0.25, -0.2) is 4.79 Å². The van der Waals surface area contributed by atoms with Crippen molar-refractivity contribution in [3.05, 3.63) is 11.8 Å². The number of rotatable bonds is 4. The van der Waals surface area contributed by atoms with E-state index >= 15 is 0 Å². The van der Waals surface area contributed by atoms with E-state index in [4.69, 9.17) is 14.6 Å². The van der Waals surface area contributed by atoms with Crippen LogP contribution in [0.5, 0.6) is 0 Å². The fourth-order valence-corrected chi connectivity index (χ4v) is 0.678. The quantitative estimate of drug-likeness (QED) is 0.224. The summed E-state index contributed by atoms with van der Waals surface area (Å²) in [5.41, 5.74) is -0.0810. The summed E-state index contributed by atoms with van der Waals surface area (Å²) < 4.78 is 13.8. The van der Waals surface area contributed by atoms with Crippen LogP contribution in [0.3, 0.4) is 0 Å². The first-order valence-electron chi connectivity index (χ1n) is 3.19. The second kappa shape index (κ2) is 8.52. The molecule has 5 nitrogen and oxygen atoms in total. The van der Waals surface area contributed by atoms with Gasteiger partial charge in [0.05, 0.1) is 13.4 Å². The predicted molar refractivity (Wildman–Crippen MR) is 46.3 cm³/mol. The number of hydrogen-bond donors (Lipinski definition) is 1. The van der Waals surface area contributed by atoms with Gasteiger partial charge in [-0.3, -0.25) is 0 Å². The Labute approximate surface area is 98.9 Å². The molecule has 71 valence electrons. The van der Waals surface area contributed by atoms with Crippen LogP contribution < -0.4 is 0 Å². The van der Waals surface area contributed by atoms with E-state index in [1.807, 2.05) is 0 Å². The van der Waals surface area contributed by atoms with E-state index in [0.717, 1.165) is 0 Å². The van der Waals surface area contributed by atoms with Gasteiger partial charge in [0, 0.05) is 43.8 Å². The summed E-state index contributed by atoms with van der Waals surface area (Å²) in [5, 5.41) is 8.64. The zero-order valence-corrected chi connectivity index (χ0v) is 10.2. The third kappa shape index (κ3) is 4.64. The standard InChI is InChI=1S/C7H12O5.Na/c1-10-6(9)5(4-8)7(11-2)12-3;/h4,7-8H,1-3H3;/b5-4+;. The third-order valence-electron chi connectivity index (χ3n) is 1.24. The molecular weight excluding hydrogens is 187 g/mol. The summed E-state index contributed by atoms with van der Waals surface area (Å²) in [6, 6.07) is 0. The molecule has 1 radical (unpaired) electrons. The minimum Gasteiger partial charge on any atom is -0.515 e. The van der Waals surface area contributed by atoms with Crippen molar-refractivity contribution < 1.29 is 24.1 Å². The van der Waals surface area contributed by atoms with Crippen LogP contribution >= 0.6 is 0 Å². The first-order chi connectivity index (χ1) is 5.71. The van der Waals surface area contributed by atoms with Gasteiger partial charge >= 0.3 is 5.97 Å². The van der Waals surface area contributed by atoms with Gasteiger partial charge in [-0.2, -0.15) is 0 Å². The van der Waals surface area contributed by atoms with Crippen molar-refractivity contribution in [2.45, 2.75) is 6.29 Å². The Bertz CT molecular complexity index is 176. The maximum atomic E-state index is 10.9. The first-order valence-corrected chi connectivity index (χ1v) is 3.19. The van der Waals surface area contributed by atoms with Crippen LogP contribution in [-0.4, -0.2) is 68.3 Å². The Hall–Kier alpha value is -0.0700. The Morgan fingerprint density at radius 3 is 2.00 bits per heavy atom. The average molecular weight is 199 g/mol. The summed E-state index contributed by atoms with van der Waals surface area (Å²) in [7, 11) is 3.90. The van der Waals surface area contributed by atoms with Crippen molar-refractivity contribution in [2.24, 2.45) is 0 Å². The molecule has 0 amide bonds. The van der Waals surface area contributed by atoms with Crippen molar-refractivity contribution >= 4 is 35.5 Å². The van der Waals surface area contributed by atoms with Crippen LogP contribution in [0.1, 0.15) is 0 Å². The number of esters is 1. The molecule has 0 heterocycles. The number of carbonyl (C=O) groups is 1. The van der Waals surface area contributed by atoms with Crippen LogP contribution in [0.15, 0.2) is 11.8 Å². The molecule has 13 heavy (non-hydrogen) atoms. The van der Waals surface area contributed by atoms with Crippen LogP contribution in [-0.2, 0) is 19.0 Å². The molecule has 0 saturated carbocycles. The smallest absolute Gasteiger partial charge is 0.342 e. The van der Waals surface area contributed by atoms with E-state index < -0.39 is 12.3 Å². The van der Waals surface area contributed by atoms with Crippen molar-refractivity contribution in [3.63, 3.8) is 0 Å². The van der Waals surface area contributed by atoms with Crippen molar-refractivity contribution in [1.82, 2.24) is 0 Å². The van der Waals surface area contributed by atoms with Gasteiger partial charge in [0.1, 0.15) is 5.57 Å². The Morgan fingerprint density at radius 1 is 1.31 bits per heavy atom. The van der Waals surface area contributed by atoms with Crippen molar-refractivity contribution in [1.29, 1.82) is 0 Å². The van der Waals surface area contributed by atoms with Gasteiger partial charge in [0.25, 0.3) is 0 Å². The maximum absolute atomic E-state index is 10.9. The van der Waals surface area contributed by atoms with Gasteiger partial charge in [0.2, 0.25) is 0 Å². The largest absolute Gasteiger partial charge is 0.515 e. The number of methoxy groups -OCH3 is 3. The summed E-state index contributed by atoms with van der Waals surface area (Å²) in [5.74, 6) is -0.689. The molecule has 0 aromatic rings. The number of aliphatic hydroxyl groups excluding tert-OH is 1. The van der Waals surface area contributed by atoms with Crippen LogP contribution in [0.25, 0.3) is 0 Å². The van der Waals surface area contributed by atoms with Gasteiger partial charge in [-0.1, -0.05) is 0 Å². The molecule has 0 spiro atoms. The first kappa shape index (κ1) is 15.4. The number of aliphatic hydroxyl groups is 1. The molecule has 6 heteroatoms. The second-order valence-corrected chi connectivity index (χ2v) is 1.88. The second-order valence-electron chi connectivity index (χ2n) is 1.88. The summed E-state index contributed by atoms with van der Waals surface area (Å²) in [6.45, 7) is 0. The Morgan fingerprint density at radius 2 is 1.77 bits per heavy atom. The zero-order chi connectivity index (χ0) is 9.56. The summed E-state index contributed by atoms with van der Waals surface area (Å²) >= 11 is 0. The molecular formula is C7H12NaO5. The molecule has 0 bridgehead atoms. The Kier molecular flexibility index (Phi) is 10.1. The monoisotopic (exact) mass is 199 g/mol. The van der Waals surface area contributed by atoms with E-state index in [-0.39, 0.29) is 35.1 Å². The number of carbonyl (C=O) groups excluding carboxylic acids is 1. The fraction of sp³-hybridized carbons (Fsp3) is 0.571. The molecule has 0 saturated heterocycles. The van der Waals surface area contributed by atoms with E-state index in [9.17, 15) is 4.79 Å². The minimum absolute atomic E-state index is 0. The zero-order valence-electron chi connectivity index (χ0n) is 8.23. The average Bonchev–Trinajstić information content (AvgIpc) is 2.12. The molecule has 0 aromatic carbocycles. The van der Waals surface area contributed by atoms with E-state index in [2.05, 4.69) is 4.74 Å². The molecule has 0 aromatic heterocycles. The minimum atomic E-state index is -0.901. The van der Waals surface area contributed by atoms with E-state index in [1.165, 1.54) is 21.3 Å². The van der Waals surface area contributed by atoms with Crippen LogP contribution in [0.4, 0.5) is 0 Å². The van der Waals surface area contributed by atoms with Gasteiger partial charge in [-0.05, 0) is 0 Å². The molecule has 0 aliphatic carbocycles. The molecule has 1 N–H and O–H groups in total. The number of ether oxygens (including phenoxy) is 3. The molecule has 0 fully saturated rings. The van der Waals surface area contributed by atoms with E-state index in [0.29, 0.717) is 6.26 Å².